The van der Waals surface area contributed by atoms with Gasteiger partial charge in [0, 0.05) is 23.2 Å². The highest BCUT2D eigenvalue weighted by Gasteiger charge is 2.10. The average Bonchev–Trinajstić information content (AvgIpc) is 2.66. The van der Waals surface area contributed by atoms with Gasteiger partial charge < -0.3 is 15.0 Å². The fourth-order valence-electron chi connectivity index (χ4n) is 2.87. The number of anilines is 1. The summed E-state index contributed by atoms with van der Waals surface area (Å²) in [4.78, 5) is 38.8. The summed E-state index contributed by atoms with van der Waals surface area (Å²) in [5, 5.41) is 3.68. The van der Waals surface area contributed by atoms with Crippen molar-refractivity contribution in [3.63, 3.8) is 0 Å². The molecule has 0 aliphatic rings. The van der Waals surface area contributed by atoms with Crippen molar-refractivity contribution in [2.24, 2.45) is 0 Å². The van der Waals surface area contributed by atoms with Crippen molar-refractivity contribution in [2.75, 3.05) is 12.4 Å². The molecule has 6 heteroatoms. The first-order valence-corrected chi connectivity index (χ1v) is 8.57. The molecule has 0 aliphatic heterocycles. The zero-order valence-electron chi connectivity index (χ0n) is 15.2. The highest BCUT2D eigenvalue weighted by molar-refractivity contribution is 5.94. The van der Waals surface area contributed by atoms with Gasteiger partial charge in [-0.2, -0.15) is 0 Å². The number of nitrogens with one attached hydrogen (secondary N) is 2. The van der Waals surface area contributed by atoms with Gasteiger partial charge in [-0.05, 0) is 55.1 Å². The normalized spacial score (nSPS) is 10.6. The van der Waals surface area contributed by atoms with Crippen LogP contribution < -0.4 is 10.9 Å². The maximum atomic E-state index is 12.2. The number of aryl methyl sites for hydroxylation is 2. The Hall–Kier alpha value is -3.41. The molecule has 6 nitrogen and oxygen atoms in total. The van der Waals surface area contributed by atoms with E-state index in [2.05, 4.69) is 15.0 Å². The molecule has 138 valence electrons. The van der Waals surface area contributed by atoms with Gasteiger partial charge >= 0.3 is 5.97 Å². The van der Waals surface area contributed by atoms with Crippen LogP contribution >= 0.6 is 0 Å². The van der Waals surface area contributed by atoms with E-state index in [0.717, 1.165) is 16.5 Å². The first kappa shape index (κ1) is 18.4. The number of benzene rings is 2. The number of aromatic amines is 1. The Labute approximate surface area is 156 Å². The Kier molecular flexibility index (Phi) is 5.35. The number of hydrogen-bond donors (Lipinski definition) is 2. The summed E-state index contributed by atoms with van der Waals surface area (Å²) in [6, 6.07) is 14.1. The molecule has 1 heterocycles. The van der Waals surface area contributed by atoms with Crippen molar-refractivity contribution in [1.29, 1.82) is 0 Å². The molecule has 0 spiro atoms. The van der Waals surface area contributed by atoms with E-state index in [0.29, 0.717) is 23.2 Å². The lowest BCUT2D eigenvalue weighted by Crippen LogP contribution is -2.17. The van der Waals surface area contributed by atoms with Gasteiger partial charge in [-0.1, -0.05) is 17.7 Å². The molecular weight excluding hydrogens is 344 g/mol. The van der Waals surface area contributed by atoms with Crippen molar-refractivity contribution < 1.29 is 14.3 Å². The van der Waals surface area contributed by atoms with Crippen LogP contribution in [0.3, 0.4) is 0 Å². The molecule has 2 aromatic carbocycles. The monoisotopic (exact) mass is 364 g/mol. The van der Waals surface area contributed by atoms with Crippen LogP contribution in [0.25, 0.3) is 10.9 Å². The summed E-state index contributed by atoms with van der Waals surface area (Å²) in [5.41, 5.74) is 3.11. The largest absolute Gasteiger partial charge is 0.465 e. The zero-order chi connectivity index (χ0) is 19.4. The van der Waals surface area contributed by atoms with Gasteiger partial charge in [0.25, 0.3) is 5.56 Å². The molecule has 2 N–H and O–H groups in total. The Balaban J connectivity index is 1.69. The topological polar surface area (TPSA) is 88.3 Å². The maximum Gasteiger partial charge on any atom is 0.337 e. The van der Waals surface area contributed by atoms with E-state index in [9.17, 15) is 14.4 Å². The van der Waals surface area contributed by atoms with Crippen LogP contribution in [0.2, 0.25) is 0 Å². The SMILES string of the molecule is COC(=O)c1cccc(NC(=O)CCc2cc3cc(C)ccc3[nH]c2=O)c1. The van der Waals surface area contributed by atoms with Crippen LogP contribution in [0.5, 0.6) is 0 Å². The predicted octanol–water partition coefficient (Wildman–Crippen LogP) is 3.19. The summed E-state index contributed by atoms with van der Waals surface area (Å²) in [7, 11) is 1.30. The number of amides is 1. The Morgan fingerprint density at radius 3 is 2.70 bits per heavy atom. The first-order chi connectivity index (χ1) is 13.0. The number of H-pyrrole nitrogens is 1. The lowest BCUT2D eigenvalue weighted by molar-refractivity contribution is -0.116. The molecule has 0 fully saturated rings. The average molecular weight is 364 g/mol. The maximum absolute atomic E-state index is 12.2. The van der Waals surface area contributed by atoms with Gasteiger partial charge in [-0.3, -0.25) is 9.59 Å². The number of hydrogen-bond acceptors (Lipinski definition) is 4. The Morgan fingerprint density at radius 1 is 1.11 bits per heavy atom. The number of fused-ring (bicyclic) bond motifs is 1. The third-order valence-electron chi connectivity index (χ3n) is 4.27. The van der Waals surface area contributed by atoms with Gasteiger partial charge in [0.2, 0.25) is 5.91 Å². The summed E-state index contributed by atoms with van der Waals surface area (Å²) in [6.45, 7) is 1.99. The van der Waals surface area contributed by atoms with Crippen LogP contribution in [0.4, 0.5) is 5.69 Å². The summed E-state index contributed by atoms with van der Waals surface area (Å²) < 4.78 is 4.67. The number of ether oxygens (including phenoxy) is 1. The van der Waals surface area contributed by atoms with Gasteiger partial charge in [-0.15, -0.1) is 0 Å². The van der Waals surface area contributed by atoms with E-state index < -0.39 is 5.97 Å². The molecule has 0 atom stereocenters. The van der Waals surface area contributed by atoms with Crippen molar-refractivity contribution in [3.8, 4) is 0 Å². The zero-order valence-corrected chi connectivity index (χ0v) is 15.2. The predicted molar refractivity (Wildman–Crippen MR) is 104 cm³/mol. The summed E-state index contributed by atoms with van der Waals surface area (Å²) in [5.74, 6) is -0.704. The number of esters is 1. The molecule has 3 aromatic rings. The van der Waals surface area contributed by atoms with Crippen molar-refractivity contribution >= 4 is 28.5 Å². The van der Waals surface area contributed by atoms with Gasteiger partial charge in [-0.25, -0.2) is 4.79 Å². The second-order valence-corrected chi connectivity index (χ2v) is 6.33. The molecule has 1 aromatic heterocycles. The molecule has 0 saturated heterocycles. The minimum Gasteiger partial charge on any atom is -0.465 e. The molecule has 1 amide bonds. The number of pyridine rings is 1. The smallest absolute Gasteiger partial charge is 0.337 e. The first-order valence-electron chi connectivity index (χ1n) is 8.57. The van der Waals surface area contributed by atoms with Crippen molar-refractivity contribution in [3.05, 3.63) is 75.6 Å². The second-order valence-electron chi connectivity index (χ2n) is 6.33. The number of carbonyl (C=O) groups excluding carboxylic acids is 2. The van der Waals surface area contributed by atoms with Crippen LogP contribution in [-0.2, 0) is 16.0 Å². The van der Waals surface area contributed by atoms with Crippen LogP contribution in [0.1, 0.15) is 27.9 Å². The van der Waals surface area contributed by atoms with E-state index in [1.165, 1.54) is 7.11 Å². The number of rotatable bonds is 5. The number of carbonyl (C=O) groups is 2. The van der Waals surface area contributed by atoms with Gasteiger partial charge in [0.1, 0.15) is 0 Å². The quantitative estimate of drug-likeness (QED) is 0.681. The molecule has 0 aliphatic carbocycles. The van der Waals surface area contributed by atoms with E-state index in [1.54, 1.807) is 24.3 Å². The van der Waals surface area contributed by atoms with E-state index >= 15 is 0 Å². The molecular formula is C21H20N2O4. The minimum absolute atomic E-state index is 0.156. The van der Waals surface area contributed by atoms with Crippen LogP contribution in [-0.4, -0.2) is 24.0 Å². The lowest BCUT2D eigenvalue weighted by atomic mass is 10.1. The van der Waals surface area contributed by atoms with Gasteiger partial charge in [0.05, 0.1) is 12.7 Å². The molecule has 0 radical (unpaired) electrons. The van der Waals surface area contributed by atoms with Crippen LogP contribution in [0.15, 0.2) is 53.3 Å². The van der Waals surface area contributed by atoms with Crippen LogP contribution in [0, 0.1) is 6.92 Å². The number of aromatic nitrogens is 1. The van der Waals surface area contributed by atoms with E-state index in [4.69, 9.17) is 0 Å². The van der Waals surface area contributed by atoms with Crippen molar-refractivity contribution in [2.45, 2.75) is 19.8 Å². The summed E-state index contributed by atoms with van der Waals surface area (Å²) in [6.07, 6.45) is 0.477. The molecule has 0 bridgehead atoms. The summed E-state index contributed by atoms with van der Waals surface area (Å²) >= 11 is 0. The minimum atomic E-state index is -0.468. The van der Waals surface area contributed by atoms with Gasteiger partial charge in [0.15, 0.2) is 0 Å². The standard InChI is InChI=1S/C21H20N2O4/c1-13-6-8-18-16(10-13)11-14(20(25)23-18)7-9-19(24)22-17-5-3-4-15(12-17)21(26)27-2/h3-6,8,10-12H,7,9H2,1-2H3,(H,22,24)(H,23,25). The molecule has 0 saturated carbocycles. The molecule has 3 rings (SSSR count). The second kappa shape index (κ2) is 7.86. The highest BCUT2D eigenvalue weighted by Crippen LogP contribution is 2.15. The molecule has 27 heavy (non-hydrogen) atoms. The Morgan fingerprint density at radius 2 is 1.93 bits per heavy atom. The Bertz CT molecular complexity index is 1070. The molecule has 0 unspecified atom stereocenters. The third kappa shape index (κ3) is 4.41. The fraction of sp³-hybridized carbons (Fsp3) is 0.190. The number of methoxy groups -OCH3 is 1. The van der Waals surface area contributed by atoms with E-state index in [1.807, 2.05) is 31.2 Å². The fourth-order valence-corrected chi connectivity index (χ4v) is 2.87. The third-order valence-corrected chi connectivity index (χ3v) is 4.27. The van der Waals surface area contributed by atoms with Crippen molar-refractivity contribution in [1.82, 2.24) is 4.98 Å². The van der Waals surface area contributed by atoms with E-state index in [-0.39, 0.29) is 17.9 Å². The highest BCUT2D eigenvalue weighted by atomic mass is 16.5. The lowest BCUT2D eigenvalue weighted by Gasteiger charge is -2.07.